The van der Waals surface area contributed by atoms with Crippen molar-refractivity contribution >= 4 is 28.5 Å². The molecule has 5 nitrogen and oxygen atoms in total. The van der Waals surface area contributed by atoms with Crippen molar-refractivity contribution in [1.29, 1.82) is 0 Å². The van der Waals surface area contributed by atoms with Gasteiger partial charge in [-0.2, -0.15) is 0 Å². The number of phenols is 1. The van der Waals surface area contributed by atoms with E-state index in [9.17, 15) is 14.7 Å². The zero-order valence-corrected chi connectivity index (χ0v) is 17.4. The molecule has 31 heavy (non-hydrogen) atoms. The molecule has 154 valence electrons. The lowest BCUT2D eigenvalue weighted by Gasteiger charge is -2.25. The van der Waals surface area contributed by atoms with Crippen LogP contribution in [0.2, 0.25) is 5.02 Å². The molecule has 1 amide bonds. The number of aryl methyl sites for hydroxylation is 1. The molecular weight excluding hydrogens is 414 g/mol. The number of benzene rings is 3. The third-order valence-electron chi connectivity index (χ3n) is 5.63. The zero-order valence-electron chi connectivity index (χ0n) is 16.6. The van der Waals surface area contributed by atoms with Crippen LogP contribution >= 0.6 is 11.6 Å². The molecule has 2 heterocycles. The van der Waals surface area contributed by atoms with Crippen LogP contribution in [-0.4, -0.2) is 15.9 Å². The van der Waals surface area contributed by atoms with Crippen LogP contribution in [0.25, 0.3) is 11.0 Å². The summed E-state index contributed by atoms with van der Waals surface area (Å²) in [5, 5.41) is 10.8. The van der Waals surface area contributed by atoms with Crippen molar-refractivity contribution < 1.29 is 14.3 Å². The van der Waals surface area contributed by atoms with E-state index in [1.807, 2.05) is 37.3 Å². The summed E-state index contributed by atoms with van der Waals surface area (Å²) in [4.78, 5) is 28.6. The minimum atomic E-state index is -0.685. The normalized spacial score (nSPS) is 15.5. The standard InChI is InChI=1S/C25H18ClNO4/c1-14-10-20-18(12-19(14)26)23(29)21-22(16-8-5-9-17(28)11-16)27(25(30)24(21)31-20)13-15-6-3-2-4-7-15/h2-12,22,28H,13H2,1H3/t22-/m1/s1. The van der Waals surface area contributed by atoms with E-state index in [1.165, 1.54) is 0 Å². The predicted molar refractivity (Wildman–Crippen MR) is 118 cm³/mol. The SMILES string of the molecule is Cc1cc2oc3c(c(=O)c2cc1Cl)[C@@H](c1cccc(O)c1)N(Cc1ccccc1)C3=O. The average molecular weight is 432 g/mol. The first-order valence-corrected chi connectivity index (χ1v) is 10.2. The fraction of sp³-hybridized carbons (Fsp3) is 0.120. The number of hydrogen-bond acceptors (Lipinski definition) is 4. The fourth-order valence-electron chi connectivity index (χ4n) is 4.13. The van der Waals surface area contributed by atoms with Gasteiger partial charge in [0.15, 0.2) is 5.43 Å². The Labute approximate surface area is 183 Å². The van der Waals surface area contributed by atoms with Crippen LogP contribution in [0.1, 0.15) is 38.9 Å². The first-order valence-electron chi connectivity index (χ1n) is 9.84. The number of fused-ring (bicyclic) bond motifs is 2. The lowest BCUT2D eigenvalue weighted by Crippen LogP contribution is -2.29. The Morgan fingerprint density at radius 2 is 1.81 bits per heavy atom. The molecule has 4 aromatic rings. The van der Waals surface area contributed by atoms with Crippen molar-refractivity contribution in [1.82, 2.24) is 4.90 Å². The molecule has 0 bridgehead atoms. The molecule has 0 aliphatic carbocycles. The van der Waals surface area contributed by atoms with Crippen LogP contribution in [-0.2, 0) is 6.54 Å². The van der Waals surface area contributed by atoms with Gasteiger partial charge >= 0.3 is 0 Å². The third-order valence-corrected chi connectivity index (χ3v) is 6.04. The number of nitrogens with zero attached hydrogens (tertiary/aromatic N) is 1. The molecule has 1 aromatic heterocycles. The van der Waals surface area contributed by atoms with Crippen molar-refractivity contribution in [2.45, 2.75) is 19.5 Å². The molecule has 0 spiro atoms. The minimum Gasteiger partial charge on any atom is -0.508 e. The van der Waals surface area contributed by atoms with Gasteiger partial charge < -0.3 is 14.4 Å². The molecule has 1 aliphatic rings. The highest BCUT2D eigenvalue weighted by Gasteiger charge is 2.42. The van der Waals surface area contributed by atoms with Gasteiger partial charge in [0.25, 0.3) is 5.91 Å². The van der Waals surface area contributed by atoms with Gasteiger partial charge in [-0.25, -0.2) is 0 Å². The second-order valence-electron chi connectivity index (χ2n) is 7.69. The largest absolute Gasteiger partial charge is 0.508 e. The van der Waals surface area contributed by atoms with E-state index in [4.69, 9.17) is 16.0 Å². The third kappa shape index (κ3) is 3.18. The number of aromatic hydroxyl groups is 1. The van der Waals surface area contributed by atoms with Gasteiger partial charge in [-0.1, -0.05) is 54.1 Å². The number of rotatable bonds is 3. The number of phenolic OH excluding ortho intramolecular Hbond substituents is 1. The Kier molecular flexibility index (Phi) is 4.56. The minimum absolute atomic E-state index is 0.0310. The first-order chi connectivity index (χ1) is 14.9. The van der Waals surface area contributed by atoms with Crippen molar-refractivity contribution in [2.75, 3.05) is 0 Å². The lowest BCUT2D eigenvalue weighted by atomic mass is 9.98. The highest BCUT2D eigenvalue weighted by Crippen LogP contribution is 2.40. The van der Waals surface area contributed by atoms with Crippen LogP contribution < -0.4 is 5.43 Å². The molecule has 1 N–H and O–H groups in total. The van der Waals surface area contributed by atoms with Gasteiger partial charge in [0.2, 0.25) is 5.76 Å². The average Bonchev–Trinajstić information content (AvgIpc) is 3.03. The molecule has 3 aromatic carbocycles. The Bertz CT molecular complexity index is 1390. The number of carbonyl (C=O) groups excluding carboxylic acids is 1. The van der Waals surface area contributed by atoms with Crippen LogP contribution in [0.3, 0.4) is 0 Å². The van der Waals surface area contributed by atoms with E-state index in [0.29, 0.717) is 28.1 Å². The van der Waals surface area contributed by atoms with Gasteiger partial charge in [0.05, 0.1) is 17.0 Å². The van der Waals surface area contributed by atoms with E-state index in [1.54, 1.807) is 41.3 Å². The fourth-order valence-corrected chi connectivity index (χ4v) is 4.29. The Morgan fingerprint density at radius 1 is 1.03 bits per heavy atom. The highest BCUT2D eigenvalue weighted by atomic mass is 35.5. The van der Waals surface area contributed by atoms with Crippen molar-refractivity contribution in [3.63, 3.8) is 0 Å². The van der Waals surface area contributed by atoms with E-state index in [0.717, 1.165) is 11.1 Å². The van der Waals surface area contributed by atoms with E-state index >= 15 is 0 Å². The topological polar surface area (TPSA) is 70.8 Å². The number of amides is 1. The van der Waals surface area contributed by atoms with Crippen LogP contribution in [0.15, 0.2) is 75.9 Å². The molecule has 1 atom stereocenters. The monoisotopic (exact) mass is 431 g/mol. The summed E-state index contributed by atoms with van der Waals surface area (Å²) in [7, 11) is 0. The maximum absolute atomic E-state index is 13.5. The van der Waals surface area contributed by atoms with Crippen molar-refractivity contribution in [3.05, 3.63) is 110 Å². The molecule has 0 unspecified atom stereocenters. The van der Waals surface area contributed by atoms with E-state index < -0.39 is 6.04 Å². The van der Waals surface area contributed by atoms with E-state index in [-0.39, 0.29) is 28.4 Å². The second kappa shape index (κ2) is 7.29. The van der Waals surface area contributed by atoms with Crippen LogP contribution in [0.4, 0.5) is 0 Å². The van der Waals surface area contributed by atoms with Crippen LogP contribution in [0.5, 0.6) is 5.75 Å². The molecule has 0 saturated heterocycles. The van der Waals surface area contributed by atoms with Gasteiger partial charge in [-0.05, 0) is 47.9 Å². The van der Waals surface area contributed by atoms with Gasteiger partial charge in [0.1, 0.15) is 11.3 Å². The predicted octanol–water partition coefficient (Wildman–Crippen LogP) is 5.21. The molecule has 5 rings (SSSR count). The molecule has 1 aliphatic heterocycles. The molecule has 0 saturated carbocycles. The Hall–Kier alpha value is -3.57. The maximum atomic E-state index is 13.5. The summed E-state index contributed by atoms with van der Waals surface area (Å²) in [6.45, 7) is 2.10. The number of halogens is 1. The molecule has 0 fully saturated rings. The number of hydrogen-bond donors (Lipinski definition) is 1. The summed E-state index contributed by atoms with van der Waals surface area (Å²) in [5.41, 5.74) is 2.61. The van der Waals surface area contributed by atoms with E-state index in [2.05, 4.69) is 0 Å². The smallest absolute Gasteiger partial charge is 0.291 e. The Balaban J connectivity index is 1.76. The maximum Gasteiger partial charge on any atom is 0.291 e. The first kappa shape index (κ1) is 19.4. The quantitative estimate of drug-likeness (QED) is 0.483. The Morgan fingerprint density at radius 3 is 2.55 bits per heavy atom. The summed E-state index contributed by atoms with van der Waals surface area (Å²) >= 11 is 6.26. The summed E-state index contributed by atoms with van der Waals surface area (Å²) < 4.78 is 5.97. The lowest BCUT2D eigenvalue weighted by molar-refractivity contribution is 0.0714. The van der Waals surface area contributed by atoms with Gasteiger partial charge in [-0.15, -0.1) is 0 Å². The summed E-state index contributed by atoms with van der Waals surface area (Å²) in [6.07, 6.45) is 0. The van der Waals surface area contributed by atoms with Crippen LogP contribution in [0, 0.1) is 6.92 Å². The van der Waals surface area contributed by atoms with Crippen molar-refractivity contribution in [2.24, 2.45) is 0 Å². The number of carbonyl (C=O) groups is 1. The molecule has 0 radical (unpaired) electrons. The van der Waals surface area contributed by atoms with Gasteiger partial charge in [-0.3, -0.25) is 9.59 Å². The van der Waals surface area contributed by atoms with Crippen molar-refractivity contribution in [3.8, 4) is 5.75 Å². The summed E-state index contributed by atoms with van der Waals surface area (Å²) in [6, 6.07) is 18.7. The zero-order chi connectivity index (χ0) is 21.7. The van der Waals surface area contributed by atoms with Gasteiger partial charge in [0, 0.05) is 11.6 Å². The summed E-state index contributed by atoms with van der Waals surface area (Å²) in [5.74, 6) is -0.274. The molecular formula is C25H18ClNO4. The second-order valence-corrected chi connectivity index (χ2v) is 8.09. The highest BCUT2D eigenvalue weighted by molar-refractivity contribution is 6.32. The molecule has 6 heteroatoms.